The molecule has 10 heteroatoms. The Balaban J connectivity index is 1.33. The third-order valence-corrected chi connectivity index (χ3v) is 13.8. The van der Waals surface area contributed by atoms with Crippen molar-refractivity contribution in [1.29, 1.82) is 0 Å². The van der Waals surface area contributed by atoms with E-state index in [1.807, 2.05) is 49.4 Å². The van der Waals surface area contributed by atoms with Crippen LogP contribution in [0.25, 0.3) is 0 Å². The van der Waals surface area contributed by atoms with E-state index in [2.05, 4.69) is 54.5 Å². The Hall–Kier alpha value is -4.00. The van der Waals surface area contributed by atoms with E-state index in [0.717, 1.165) is 43.3 Å². The number of benzene rings is 2. The van der Waals surface area contributed by atoms with E-state index >= 15 is 0 Å². The van der Waals surface area contributed by atoms with Gasteiger partial charge in [0.1, 0.15) is 12.2 Å². The minimum Gasteiger partial charge on any atom is -0.396 e. The lowest BCUT2D eigenvalue weighted by Crippen LogP contribution is -2.59. The van der Waals surface area contributed by atoms with E-state index < -0.39 is 47.3 Å². The van der Waals surface area contributed by atoms with Crippen LogP contribution in [0.2, 0.25) is 0 Å². The molecule has 10 nitrogen and oxygen atoms in total. The molecule has 1 amide bonds. The first kappa shape index (κ1) is 48.0. The summed E-state index contributed by atoms with van der Waals surface area (Å²) in [5.41, 5.74) is 11.8. The summed E-state index contributed by atoms with van der Waals surface area (Å²) in [6.45, 7) is 11.5. The maximum absolute atomic E-state index is 14.4. The highest BCUT2D eigenvalue weighted by molar-refractivity contribution is 5.98. The maximum Gasteiger partial charge on any atom is 0.243 e. The van der Waals surface area contributed by atoms with Gasteiger partial charge < -0.3 is 36.6 Å². The first-order chi connectivity index (χ1) is 29.1. The van der Waals surface area contributed by atoms with Gasteiger partial charge in [-0.1, -0.05) is 96.1 Å². The molecule has 0 unspecified atom stereocenters. The van der Waals surface area contributed by atoms with Crippen LogP contribution in [0.3, 0.4) is 0 Å². The minimum absolute atomic E-state index is 0.00628. The van der Waals surface area contributed by atoms with Gasteiger partial charge in [-0.25, -0.2) is 0 Å². The van der Waals surface area contributed by atoms with Crippen molar-refractivity contribution in [2.75, 3.05) is 19.8 Å². The fourth-order valence-electron chi connectivity index (χ4n) is 10.4. The van der Waals surface area contributed by atoms with Crippen LogP contribution >= 0.6 is 0 Å². The fourth-order valence-corrected chi connectivity index (χ4v) is 10.4. The van der Waals surface area contributed by atoms with Gasteiger partial charge >= 0.3 is 0 Å². The van der Waals surface area contributed by atoms with E-state index in [9.17, 15) is 35.1 Å². The second-order valence-electron chi connectivity index (χ2n) is 18.0. The predicted octanol–water partition coefficient (Wildman–Crippen LogP) is 6.68. The molecule has 3 aliphatic rings. The molecule has 1 aliphatic heterocycles. The van der Waals surface area contributed by atoms with Crippen molar-refractivity contribution < 1.29 is 35.1 Å². The number of aliphatic hydroxyl groups is 5. The number of hydrogen-bond donors (Lipinski definition) is 8. The number of Topliss-reactive ketones (excluding diaryl/α,β-unsaturated/α-hetero) is 1. The SMILES string of the molecule is C=C(C=CC=C(CO)[C@H]1CC[C@@]2([C@H](CCCO)C(=C(C)C(=O)Cc3cccc4c3[C@@H](NC[C@H](C)O)C(=O)N[C@@H]4N)CC[C@@]2(C)O)[C@@H]1O)CCC=C(C)CCCc1ccccc1. The molecule has 332 valence electrons. The molecule has 0 aromatic heterocycles. The third kappa shape index (κ3) is 11.3. The van der Waals surface area contributed by atoms with E-state index in [-0.39, 0.29) is 37.9 Å². The van der Waals surface area contributed by atoms with Gasteiger partial charge in [-0.3, -0.25) is 14.9 Å². The molecule has 61 heavy (non-hydrogen) atoms. The van der Waals surface area contributed by atoms with Gasteiger partial charge in [0.25, 0.3) is 0 Å². The normalized spacial score (nSPS) is 28.2. The highest BCUT2D eigenvalue weighted by atomic mass is 16.3. The van der Waals surface area contributed by atoms with Crippen LogP contribution in [-0.4, -0.2) is 74.8 Å². The van der Waals surface area contributed by atoms with Crippen molar-refractivity contribution in [3.63, 3.8) is 0 Å². The van der Waals surface area contributed by atoms with E-state index in [1.165, 1.54) is 11.1 Å². The Morgan fingerprint density at radius 3 is 2.54 bits per heavy atom. The lowest BCUT2D eigenvalue weighted by Gasteiger charge is -2.55. The number of aliphatic hydroxyl groups excluding tert-OH is 4. The van der Waals surface area contributed by atoms with Crippen molar-refractivity contribution in [3.05, 3.63) is 130 Å². The molecule has 0 radical (unpaired) electrons. The second-order valence-corrected chi connectivity index (χ2v) is 18.0. The van der Waals surface area contributed by atoms with Gasteiger partial charge in [0.2, 0.25) is 5.91 Å². The van der Waals surface area contributed by atoms with Crippen LogP contribution in [-0.2, 0) is 22.4 Å². The zero-order chi connectivity index (χ0) is 44.3. The van der Waals surface area contributed by atoms with E-state index in [4.69, 9.17) is 5.73 Å². The molecule has 0 bridgehead atoms. The van der Waals surface area contributed by atoms with Crippen LogP contribution in [0, 0.1) is 17.3 Å². The second kappa shape index (κ2) is 21.9. The number of aryl methyl sites for hydroxylation is 1. The number of hydrogen-bond acceptors (Lipinski definition) is 9. The molecule has 2 fully saturated rings. The number of allylic oxidation sites excluding steroid dienone is 8. The van der Waals surface area contributed by atoms with E-state index in [0.29, 0.717) is 66.4 Å². The number of rotatable bonds is 20. The number of ketones is 1. The van der Waals surface area contributed by atoms with Crippen molar-refractivity contribution in [3.8, 4) is 0 Å². The highest BCUT2D eigenvalue weighted by Crippen LogP contribution is 2.63. The molecule has 1 heterocycles. The molecular formula is C51H71N3O7. The monoisotopic (exact) mass is 838 g/mol. The third-order valence-electron chi connectivity index (χ3n) is 13.8. The summed E-state index contributed by atoms with van der Waals surface area (Å²) in [6.07, 6.45) is 13.2. The molecule has 1 spiro atoms. The van der Waals surface area contributed by atoms with Crippen LogP contribution in [0.4, 0.5) is 0 Å². The summed E-state index contributed by atoms with van der Waals surface area (Å²) < 4.78 is 0. The Morgan fingerprint density at radius 2 is 1.84 bits per heavy atom. The smallest absolute Gasteiger partial charge is 0.243 e. The molecule has 2 saturated carbocycles. The quantitative estimate of drug-likeness (QED) is 0.0409. The van der Waals surface area contributed by atoms with Gasteiger partial charge in [-0.15, -0.1) is 0 Å². The lowest BCUT2D eigenvalue weighted by atomic mass is 9.52. The molecule has 5 rings (SSSR count). The van der Waals surface area contributed by atoms with Crippen LogP contribution in [0.15, 0.2) is 107 Å². The van der Waals surface area contributed by atoms with Crippen LogP contribution < -0.4 is 16.4 Å². The zero-order valence-corrected chi connectivity index (χ0v) is 36.8. The first-order valence-corrected chi connectivity index (χ1v) is 22.3. The molecule has 8 atom stereocenters. The van der Waals surface area contributed by atoms with Gasteiger partial charge in [-0.05, 0) is 138 Å². The number of amides is 1. The number of nitrogens with one attached hydrogen (secondary N) is 2. The maximum atomic E-state index is 14.4. The van der Waals surface area contributed by atoms with Gasteiger partial charge in [0, 0.05) is 30.9 Å². The Labute approximate surface area is 363 Å². The number of fused-ring (bicyclic) bond motifs is 1. The van der Waals surface area contributed by atoms with E-state index in [1.54, 1.807) is 13.8 Å². The summed E-state index contributed by atoms with van der Waals surface area (Å²) >= 11 is 0. The predicted molar refractivity (Wildman–Crippen MR) is 242 cm³/mol. The topological polar surface area (TPSA) is 185 Å². The van der Waals surface area contributed by atoms with Crippen molar-refractivity contribution in [2.45, 2.75) is 135 Å². The summed E-state index contributed by atoms with van der Waals surface area (Å²) in [4.78, 5) is 27.5. The Kier molecular flexibility index (Phi) is 17.2. The van der Waals surface area contributed by atoms with Crippen molar-refractivity contribution in [2.24, 2.45) is 23.0 Å². The molecular weight excluding hydrogens is 767 g/mol. The average molecular weight is 838 g/mol. The molecule has 2 aromatic rings. The van der Waals surface area contributed by atoms with Crippen LogP contribution in [0.5, 0.6) is 0 Å². The summed E-state index contributed by atoms with van der Waals surface area (Å²) in [6, 6.07) is 15.2. The summed E-state index contributed by atoms with van der Waals surface area (Å²) in [7, 11) is 0. The summed E-state index contributed by atoms with van der Waals surface area (Å²) in [5.74, 6) is -1.29. The van der Waals surface area contributed by atoms with Gasteiger partial charge in [-0.2, -0.15) is 0 Å². The van der Waals surface area contributed by atoms with Gasteiger partial charge in [0.15, 0.2) is 5.78 Å². The largest absolute Gasteiger partial charge is 0.396 e. The van der Waals surface area contributed by atoms with Gasteiger partial charge in [0.05, 0.1) is 24.4 Å². The number of carbonyl (C=O) groups excluding carboxylic acids is 2. The highest BCUT2D eigenvalue weighted by Gasteiger charge is 2.64. The molecule has 2 aliphatic carbocycles. The number of nitrogens with two attached hydrogens (primary N) is 1. The Bertz CT molecular complexity index is 1960. The van der Waals surface area contributed by atoms with Crippen molar-refractivity contribution >= 4 is 11.7 Å². The zero-order valence-electron chi connectivity index (χ0n) is 36.8. The lowest BCUT2D eigenvalue weighted by molar-refractivity contribution is -0.167. The van der Waals surface area contributed by atoms with Crippen molar-refractivity contribution in [1.82, 2.24) is 10.6 Å². The summed E-state index contributed by atoms with van der Waals surface area (Å²) in [5, 5.41) is 61.3. The first-order valence-electron chi connectivity index (χ1n) is 22.3. The van der Waals surface area contributed by atoms with Crippen LogP contribution in [0.1, 0.15) is 126 Å². The standard InChI is InChI=1S/C51H71N3O7/c1-33(16-10-20-37-18-7-6-8-19-37)14-9-15-34(2)17-11-22-39(32-56)41-26-28-51(47(41)59)43(24-13-29-55)40(25-27-50(51,5)61)36(4)44(58)30-38-21-12-23-42-45(38)46(53-31-35(3)57)49(60)54-48(42)52/h6-8,11-12,14,17-19,21-23,35,41,43,46-48,53,55-57,59,61H,2,9-10,13,15-16,20,24-32,52H2,1,3-5H3,(H,54,60)/t35-,41+,43+,46+,47+,48-,50+,51+/m0/s1. The molecule has 0 saturated heterocycles. The number of carbonyl (C=O) groups is 2. The Morgan fingerprint density at radius 1 is 1.08 bits per heavy atom. The molecule has 9 N–H and O–H groups in total. The molecule has 2 aromatic carbocycles. The average Bonchev–Trinajstić information content (AvgIpc) is 3.57. The fraction of sp³-hybridized carbons (Fsp3) is 0.529. The minimum atomic E-state index is -1.28.